The van der Waals surface area contributed by atoms with Gasteiger partial charge in [0.15, 0.2) is 5.16 Å². The van der Waals surface area contributed by atoms with Crippen molar-refractivity contribution in [2.24, 2.45) is 7.05 Å². The minimum Gasteiger partial charge on any atom is -0.465 e. The van der Waals surface area contributed by atoms with Crippen LogP contribution in [0.3, 0.4) is 0 Å². The number of aromatic nitrogens is 3. The number of H-pyrrole nitrogens is 1. The van der Waals surface area contributed by atoms with Gasteiger partial charge < -0.3 is 4.74 Å². The molecule has 0 spiro atoms. The second-order valence-electron chi connectivity index (χ2n) is 5.32. The van der Waals surface area contributed by atoms with Crippen LogP contribution in [0.2, 0.25) is 0 Å². The number of nitrogens with zero attached hydrogens (tertiary/aromatic N) is 2. The number of carbonyl (C=O) groups excluding carboxylic acids is 1. The molecule has 21 heavy (non-hydrogen) atoms. The molecule has 1 aromatic rings. The third-order valence-corrected chi connectivity index (χ3v) is 4.04. The molecule has 0 saturated heterocycles. The van der Waals surface area contributed by atoms with E-state index in [4.69, 9.17) is 4.74 Å². The number of ether oxygens (including phenoxy) is 1. The first kappa shape index (κ1) is 17.8. The van der Waals surface area contributed by atoms with Crippen molar-refractivity contribution in [1.29, 1.82) is 0 Å². The summed E-state index contributed by atoms with van der Waals surface area (Å²) < 4.78 is 6.60. The van der Waals surface area contributed by atoms with Crippen LogP contribution in [0.1, 0.15) is 34.1 Å². The van der Waals surface area contributed by atoms with Gasteiger partial charge in [0.05, 0.1) is 6.61 Å². The molecule has 1 unspecified atom stereocenters. The van der Waals surface area contributed by atoms with Crippen LogP contribution in [-0.4, -0.2) is 44.7 Å². The van der Waals surface area contributed by atoms with E-state index in [-0.39, 0.29) is 17.7 Å². The number of hydrogen-bond acceptors (Lipinski definition) is 6. The lowest BCUT2D eigenvalue weighted by Crippen LogP contribution is -2.53. The Labute approximate surface area is 128 Å². The van der Waals surface area contributed by atoms with Gasteiger partial charge in [0.1, 0.15) is 5.54 Å². The summed E-state index contributed by atoms with van der Waals surface area (Å²) in [4.78, 5) is 23.4. The van der Waals surface area contributed by atoms with Crippen molar-refractivity contribution in [3.63, 3.8) is 0 Å². The van der Waals surface area contributed by atoms with Crippen LogP contribution < -0.4 is 11.0 Å². The van der Waals surface area contributed by atoms with Gasteiger partial charge >= 0.3 is 11.7 Å². The van der Waals surface area contributed by atoms with Crippen LogP contribution in [0.4, 0.5) is 0 Å². The molecule has 0 fully saturated rings. The Bertz CT molecular complexity index is 526. The van der Waals surface area contributed by atoms with Crippen molar-refractivity contribution in [2.75, 3.05) is 12.4 Å². The molecule has 0 saturated carbocycles. The predicted molar refractivity (Wildman–Crippen MR) is 82.5 cm³/mol. The van der Waals surface area contributed by atoms with Gasteiger partial charge in [-0.15, -0.1) is 5.10 Å². The molecule has 0 aliphatic heterocycles. The molecule has 0 aliphatic rings. The summed E-state index contributed by atoms with van der Waals surface area (Å²) in [7, 11) is 1.66. The van der Waals surface area contributed by atoms with Gasteiger partial charge in [-0.3, -0.25) is 14.7 Å². The minimum absolute atomic E-state index is 0.166. The first-order valence-electron chi connectivity index (χ1n) is 6.99. The third-order valence-electron chi connectivity index (χ3n) is 3.01. The monoisotopic (exact) mass is 316 g/mol. The molecule has 1 heterocycles. The SMILES string of the molecule is CCOC(=O)C(C)(CCSc1n[nH]c(=O)n1C)NC(C)C. The zero-order valence-electron chi connectivity index (χ0n) is 13.2. The summed E-state index contributed by atoms with van der Waals surface area (Å²) in [5.74, 6) is 0.392. The molecule has 1 rings (SSSR count). The predicted octanol–water partition coefficient (Wildman–Crippen LogP) is 0.910. The number of esters is 1. The number of carbonyl (C=O) groups is 1. The molecule has 7 nitrogen and oxygen atoms in total. The standard InChI is InChI=1S/C13H24N4O3S/c1-6-20-10(18)13(4,14-9(2)3)7-8-21-12-16-15-11(19)17(12)5/h9,14H,6-8H2,1-5H3,(H,15,19). The first-order valence-corrected chi connectivity index (χ1v) is 7.98. The van der Waals surface area contributed by atoms with E-state index in [1.165, 1.54) is 16.3 Å². The quantitative estimate of drug-likeness (QED) is 0.547. The van der Waals surface area contributed by atoms with E-state index >= 15 is 0 Å². The van der Waals surface area contributed by atoms with Crippen LogP contribution in [0.25, 0.3) is 0 Å². The number of hydrogen-bond donors (Lipinski definition) is 2. The molecular formula is C13H24N4O3S. The van der Waals surface area contributed by atoms with Gasteiger partial charge in [-0.2, -0.15) is 0 Å². The fourth-order valence-electron chi connectivity index (χ4n) is 1.97. The highest BCUT2D eigenvalue weighted by Crippen LogP contribution is 2.20. The zero-order valence-corrected chi connectivity index (χ0v) is 14.0. The Kier molecular flexibility index (Phi) is 6.47. The van der Waals surface area contributed by atoms with Gasteiger partial charge in [-0.05, 0) is 34.1 Å². The third kappa shape index (κ3) is 4.89. The van der Waals surface area contributed by atoms with E-state index in [0.717, 1.165) is 0 Å². The summed E-state index contributed by atoms with van der Waals surface area (Å²) >= 11 is 1.43. The first-order chi connectivity index (χ1) is 9.80. The second kappa shape index (κ2) is 7.65. The largest absolute Gasteiger partial charge is 0.465 e. The van der Waals surface area contributed by atoms with Crippen molar-refractivity contribution in [1.82, 2.24) is 20.1 Å². The maximum absolute atomic E-state index is 12.1. The Morgan fingerprint density at radius 3 is 2.71 bits per heavy atom. The van der Waals surface area contributed by atoms with E-state index in [1.54, 1.807) is 14.0 Å². The lowest BCUT2D eigenvalue weighted by molar-refractivity contribution is -0.150. The molecule has 2 N–H and O–H groups in total. The highest BCUT2D eigenvalue weighted by atomic mass is 32.2. The van der Waals surface area contributed by atoms with Crippen LogP contribution in [0.15, 0.2) is 9.95 Å². The van der Waals surface area contributed by atoms with Crippen molar-refractivity contribution >= 4 is 17.7 Å². The van der Waals surface area contributed by atoms with E-state index in [0.29, 0.717) is 23.9 Å². The van der Waals surface area contributed by atoms with Crippen LogP contribution in [0.5, 0.6) is 0 Å². The van der Waals surface area contributed by atoms with Gasteiger partial charge in [0, 0.05) is 18.8 Å². The Morgan fingerprint density at radius 1 is 1.57 bits per heavy atom. The van der Waals surface area contributed by atoms with Gasteiger partial charge in [-0.1, -0.05) is 11.8 Å². The van der Waals surface area contributed by atoms with Crippen molar-refractivity contribution < 1.29 is 9.53 Å². The minimum atomic E-state index is -0.744. The van der Waals surface area contributed by atoms with Crippen molar-refractivity contribution in [2.45, 2.75) is 50.9 Å². The molecule has 0 aliphatic carbocycles. The fourth-order valence-corrected chi connectivity index (χ4v) is 3.05. The molecular weight excluding hydrogens is 292 g/mol. The molecule has 0 bridgehead atoms. The van der Waals surface area contributed by atoms with Gasteiger partial charge in [0.25, 0.3) is 0 Å². The van der Waals surface area contributed by atoms with Crippen LogP contribution >= 0.6 is 11.8 Å². The maximum Gasteiger partial charge on any atom is 0.343 e. The normalized spacial score (nSPS) is 14.2. The maximum atomic E-state index is 12.1. The van der Waals surface area contributed by atoms with E-state index < -0.39 is 5.54 Å². The molecule has 0 radical (unpaired) electrons. The number of nitrogens with one attached hydrogen (secondary N) is 2. The molecule has 1 atom stereocenters. The van der Waals surface area contributed by atoms with E-state index in [9.17, 15) is 9.59 Å². The Balaban J connectivity index is 2.67. The smallest absolute Gasteiger partial charge is 0.343 e. The number of aromatic amines is 1. The zero-order chi connectivity index (χ0) is 16.0. The summed E-state index contributed by atoms with van der Waals surface area (Å²) in [5.41, 5.74) is -0.988. The molecule has 120 valence electrons. The van der Waals surface area contributed by atoms with Gasteiger partial charge in [0.2, 0.25) is 0 Å². The summed E-state index contributed by atoms with van der Waals surface area (Å²) in [5, 5.41) is 10.2. The molecule has 0 aromatic carbocycles. The van der Waals surface area contributed by atoms with Crippen LogP contribution in [-0.2, 0) is 16.6 Å². The van der Waals surface area contributed by atoms with Crippen molar-refractivity contribution in [3.8, 4) is 0 Å². The van der Waals surface area contributed by atoms with E-state index in [1.807, 2.05) is 20.8 Å². The highest BCUT2D eigenvalue weighted by molar-refractivity contribution is 7.99. The summed E-state index contributed by atoms with van der Waals surface area (Å²) in [6.45, 7) is 7.97. The topological polar surface area (TPSA) is 89.0 Å². The fraction of sp³-hybridized carbons (Fsp3) is 0.769. The molecule has 1 aromatic heterocycles. The summed E-state index contributed by atoms with van der Waals surface area (Å²) in [6.07, 6.45) is 0.579. The van der Waals surface area contributed by atoms with Gasteiger partial charge in [-0.25, -0.2) is 9.89 Å². The lowest BCUT2D eigenvalue weighted by Gasteiger charge is -2.30. The Hall–Kier alpha value is -1.28. The average Bonchev–Trinajstić information content (AvgIpc) is 2.70. The van der Waals surface area contributed by atoms with Crippen LogP contribution in [0, 0.1) is 0 Å². The van der Waals surface area contributed by atoms with Crippen molar-refractivity contribution in [3.05, 3.63) is 10.5 Å². The Morgan fingerprint density at radius 2 is 2.24 bits per heavy atom. The lowest BCUT2D eigenvalue weighted by atomic mass is 9.98. The van der Waals surface area contributed by atoms with E-state index in [2.05, 4.69) is 15.5 Å². The number of rotatable bonds is 8. The number of thioether (sulfide) groups is 1. The average molecular weight is 316 g/mol. The molecule has 0 amide bonds. The second-order valence-corrected chi connectivity index (χ2v) is 6.38. The summed E-state index contributed by atoms with van der Waals surface area (Å²) in [6, 6.07) is 0.166. The highest BCUT2D eigenvalue weighted by Gasteiger charge is 2.34. The molecule has 8 heteroatoms.